The summed E-state index contributed by atoms with van der Waals surface area (Å²) in [6, 6.07) is 4.03. The molecule has 2 N–H and O–H groups in total. The van der Waals surface area contributed by atoms with Crippen molar-refractivity contribution in [3.8, 4) is 9.88 Å². The zero-order chi connectivity index (χ0) is 13.8. The molecule has 0 radical (unpaired) electrons. The summed E-state index contributed by atoms with van der Waals surface area (Å²) < 4.78 is 0. The molecule has 1 amide bonds. The molecule has 3 rings (SSSR count). The Hall–Kier alpha value is -1.99. The first-order valence-electron chi connectivity index (χ1n) is 6.04. The lowest BCUT2D eigenvalue weighted by molar-refractivity contribution is -0.120. The third-order valence-electron chi connectivity index (χ3n) is 2.67. The van der Waals surface area contributed by atoms with Gasteiger partial charge in [0.2, 0.25) is 5.91 Å². The lowest BCUT2D eigenvalue weighted by atomic mass is 10.3. The quantitative estimate of drug-likeness (QED) is 0.760. The average Bonchev–Trinajstić information content (AvgIpc) is 3.18. The topological polar surface area (TPSA) is 70.7 Å². The van der Waals surface area contributed by atoms with E-state index in [1.165, 1.54) is 0 Å². The van der Waals surface area contributed by atoms with Crippen molar-refractivity contribution in [1.29, 1.82) is 0 Å². The van der Waals surface area contributed by atoms with Crippen LogP contribution in [0.15, 0.2) is 35.3 Å². The summed E-state index contributed by atoms with van der Waals surface area (Å²) in [7, 11) is 0. The second-order valence-corrected chi connectivity index (χ2v) is 5.99. The van der Waals surface area contributed by atoms with E-state index in [0.717, 1.165) is 21.1 Å². The fourth-order valence-electron chi connectivity index (χ4n) is 1.70. The Labute approximate surface area is 123 Å². The van der Waals surface area contributed by atoms with Crippen LogP contribution in [0.4, 0.5) is 0 Å². The number of thiazole rings is 1. The van der Waals surface area contributed by atoms with Crippen LogP contribution in [0.3, 0.4) is 0 Å². The number of nitrogens with zero attached hydrogens (tertiary/aromatic N) is 2. The molecule has 0 unspecified atom stereocenters. The molecule has 102 valence electrons. The largest absolute Gasteiger partial charge is 0.352 e. The van der Waals surface area contributed by atoms with E-state index in [4.69, 9.17) is 0 Å². The van der Waals surface area contributed by atoms with Crippen molar-refractivity contribution in [2.75, 3.05) is 0 Å². The Morgan fingerprint density at radius 3 is 3.10 bits per heavy atom. The molecule has 0 bridgehead atoms. The summed E-state index contributed by atoms with van der Waals surface area (Å²) in [5, 5.41) is 14.3. The number of H-pyrrole nitrogens is 1. The molecule has 0 aliphatic carbocycles. The molecular formula is C13H12N4OS2. The maximum Gasteiger partial charge on any atom is 0.226 e. The molecule has 3 aromatic heterocycles. The minimum absolute atomic E-state index is 0.0331. The van der Waals surface area contributed by atoms with E-state index >= 15 is 0 Å². The predicted octanol–water partition coefficient (Wildman–Crippen LogP) is 2.45. The Kier molecular flexibility index (Phi) is 3.89. The van der Waals surface area contributed by atoms with Gasteiger partial charge in [-0.1, -0.05) is 6.07 Å². The summed E-state index contributed by atoms with van der Waals surface area (Å²) in [6.45, 7) is 0.483. The van der Waals surface area contributed by atoms with Crippen LogP contribution in [-0.4, -0.2) is 21.1 Å². The summed E-state index contributed by atoms with van der Waals surface area (Å²) in [5.41, 5.74) is 1.76. The number of amides is 1. The highest BCUT2D eigenvalue weighted by Gasteiger charge is 2.09. The van der Waals surface area contributed by atoms with E-state index in [1.54, 1.807) is 35.1 Å². The SMILES string of the molecule is O=C(Cc1csc(-c2cccs2)n1)NCc1cn[nH]c1. The van der Waals surface area contributed by atoms with E-state index in [1.807, 2.05) is 22.9 Å². The first kappa shape index (κ1) is 13.0. The van der Waals surface area contributed by atoms with E-state index in [0.29, 0.717) is 13.0 Å². The number of thiophene rings is 1. The van der Waals surface area contributed by atoms with Crippen molar-refractivity contribution in [3.63, 3.8) is 0 Å². The van der Waals surface area contributed by atoms with Crippen LogP contribution in [0.5, 0.6) is 0 Å². The summed E-state index contributed by atoms with van der Waals surface area (Å²) >= 11 is 3.22. The molecule has 0 aliphatic heterocycles. The molecule has 20 heavy (non-hydrogen) atoms. The lowest BCUT2D eigenvalue weighted by Gasteiger charge is -2.01. The summed E-state index contributed by atoms with van der Waals surface area (Å²) in [5.74, 6) is -0.0331. The predicted molar refractivity (Wildman–Crippen MR) is 79.6 cm³/mol. The van der Waals surface area contributed by atoms with E-state index in [9.17, 15) is 4.79 Å². The third-order valence-corrected chi connectivity index (χ3v) is 4.60. The molecule has 3 aromatic rings. The Morgan fingerprint density at radius 2 is 2.35 bits per heavy atom. The molecule has 3 heterocycles. The fraction of sp³-hybridized carbons (Fsp3) is 0.154. The zero-order valence-electron chi connectivity index (χ0n) is 10.5. The van der Waals surface area contributed by atoms with Gasteiger partial charge < -0.3 is 5.32 Å². The molecule has 0 aliphatic rings. The monoisotopic (exact) mass is 304 g/mol. The molecule has 0 spiro atoms. The number of aromatic amines is 1. The van der Waals surface area contributed by atoms with Gasteiger partial charge in [0.15, 0.2) is 0 Å². The van der Waals surface area contributed by atoms with Crippen LogP contribution in [-0.2, 0) is 17.8 Å². The van der Waals surface area contributed by atoms with Gasteiger partial charge >= 0.3 is 0 Å². The summed E-state index contributed by atoms with van der Waals surface area (Å²) in [4.78, 5) is 17.5. The number of aromatic nitrogens is 3. The van der Waals surface area contributed by atoms with Gasteiger partial charge in [-0.2, -0.15) is 5.10 Å². The molecule has 0 atom stereocenters. The van der Waals surface area contributed by atoms with E-state index in [-0.39, 0.29) is 5.91 Å². The maximum absolute atomic E-state index is 11.8. The van der Waals surface area contributed by atoms with Gasteiger partial charge in [0.25, 0.3) is 0 Å². The minimum atomic E-state index is -0.0331. The Morgan fingerprint density at radius 1 is 1.40 bits per heavy atom. The molecule has 0 aromatic carbocycles. The minimum Gasteiger partial charge on any atom is -0.352 e. The second kappa shape index (κ2) is 5.98. The van der Waals surface area contributed by atoms with Crippen molar-refractivity contribution < 1.29 is 4.79 Å². The van der Waals surface area contributed by atoms with Crippen LogP contribution in [0.25, 0.3) is 9.88 Å². The van der Waals surface area contributed by atoms with Gasteiger partial charge in [0, 0.05) is 23.7 Å². The number of rotatable bonds is 5. The van der Waals surface area contributed by atoms with Gasteiger partial charge in [0.1, 0.15) is 5.01 Å². The molecule has 5 nitrogen and oxygen atoms in total. The van der Waals surface area contributed by atoms with Crippen LogP contribution < -0.4 is 5.32 Å². The van der Waals surface area contributed by atoms with Crippen molar-refractivity contribution in [2.45, 2.75) is 13.0 Å². The zero-order valence-corrected chi connectivity index (χ0v) is 12.1. The average molecular weight is 304 g/mol. The van der Waals surface area contributed by atoms with E-state index in [2.05, 4.69) is 20.5 Å². The van der Waals surface area contributed by atoms with Gasteiger partial charge in [-0.15, -0.1) is 22.7 Å². The van der Waals surface area contributed by atoms with Crippen molar-refractivity contribution >= 4 is 28.6 Å². The number of carbonyl (C=O) groups excluding carboxylic acids is 1. The number of hydrogen-bond acceptors (Lipinski definition) is 5. The second-order valence-electron chi connectivity index (χ2n) is 4.18. The highest BCUT2D eigenvalue weighted by Crippen LogP contribution is 2.27. The first-order chi connectivity index (χ1) is 9.81. The first-order valence-corrected chi connectivity index (χ1v) is 7.80. The van der Waals surface area contributed by atoms with Gasteiger partial charge in [0.05, 0.1) is 23.2 Å². The molecule has 0 fully saturated rings. The number of nitrogens with one attached hydrogen (secondary N) is 2. The summed E-state index contributed by atoms with van der Waals surface area (Å²) in [6.07, 6.45) is 3.76. The van der Waals surface area contributed by atoms with Crippen LogP contribution in [0.2, 0.25) is 0 Å². The molecule has 7 heteroatoms. The number of hydrogen-bond donors (Lipinski definition) is 2. The van der Waals surface area contributed by atoms with Crippen molar-refractivity contribution in [1.82, 2.24) is 20.5 Å². The third kappa shape index (κ3) is 3.12. The van der Waals surface area contributed by atoms with E-state index < -0.39 is 0 Å². The maximum atomic E-state index is 11.8. The van der Waals surface area contributed by atoms with Crippen LogP contribution >= 0.6 is 22.7 Å². The molecular weight excluding hydrogens is 292 g/mol. The number of carbonyl (C=O) groups is 1. The standard InChI is InChI=1S/C13H12N4OS2/c18-12(14-5-9-6-15-16-7-9)4-10-8-20-13(17-10)11-2-1-3-19-11/h1-3,6-8H,4-5H2,(H,14,18)(H,15,16). The molecule has 0 saturated carbocycles. The fourth-order valence-corrected chi connectivity index (χ4v) is 3.34. The highest BCUT2D eigenvalue weighted by atomic mass is 32.1. The lowest BCUT2D eigenvalue weighted by Crippen LogP contribution is -2.24. The molecule has 0 saturated heterocycles. The van der Waals surface area contributed by atoms with Crippen molar-refractivity contribution in [2.24, 2.45) is 0 Å². The van der Waals surface area contributed by atoms with Gasteiger partial charge in [-0.25, -0.2) is 4.98 Å². The smallest absolute Gasteiger partial charge is 0.226 e. The van der Waals surface area contributed by atoms with Crippen molar-refractivity contribution in [3.05, 3.63) is 46.5 Å². The van der Waals surface area contributed by atoms with Crippen LogP contribution in [0, 0.1) is 0 Å². The van der Waals surface area contributed by atoms with Crippen LogP contribution in [0.1, 0.15) is 11.3 Å². The Bertz CT molecular complexity index is 673. The van der Waals surface area contributed by atoms with Gasteiger partial charge in [-0.05, 0) is 11.4 Å². The van der Waals surface area contributed by atoms with Gasteiger partial charge in [-0.3, -0.25) is 9.89 Å². The normalized spacial score (nSPS) is 10.6. The highest BCUT2D eigenvalue weighted by molar-refractivity contribution is 7.20. The Balaban J connectivity index is 1.56.